The van der Waals surface area contributed by atoms with Crippen LogP contribution in [0.4, 0.5) is 14.6 Å². The molecule has 0 saturated heterocycles. The Hall–Kier alpha value is -0.570. The van der Waals surface area contributed by atoms with E-state index < -0.39 is 13.0 Å². The normalized spacial score (nSPS) is 11.5. The Bertz CT molecular complexity index is 402. The van der Waals surface area contributed by atoms with E-state index in [0.717, 1.165) is 9.26 Å². The maximum absolute atomic E-state index is 11.9. The second kappa shape index (κ2) is 7.13. The lowest BCUT2D eigenvalue weighted by molar-refractivity contribution is 0.0183. The molecule has 0 spiro atoms. The molecule has 7 heteroatoms. The molecule has 2 N–H and O–H groups in total. The molecular formula is C11H16F2IN3O. The summed E-state index contributed by atoms with van der Waals surface area (Å²) in [6.07, 6.45) is -2.06. The molecule has 0 saturated carbocycles. The highest BCUT2D eigenvalue weighted by molar-refractivity contribution is 14.1. The quantitative estimate of drug-likeness (QED) is 0.617. The number of nitrogen functional groups attached to an aromatic ring is 1. The number of alkyl halides is 2. The molecule has 0 aliphatic carbocycles. The van der Waals surface area contributed by atoms with Crippen LogP contribution >= 0.6 is 22.6 Å². The molecule has 102 valence electrons. The summed E-state index contributed by atoms with van der Waals surface area (Å²) >= 11 is 2.11. The highest BCUT2D eigenvalue weighted by Gasteiger charge is 2.13. The van der Waals surface area contributed by atoms with Crippen LogP contribution in [-0.2, 0) is 11.2 Å². The molecule has 1 aromatic rings. The summed E-state index contributed by atoms with van der Waals surface area (Å²) < 4.78 is 29.4. The predicted molar refractivity (Wildman–Crippen MR) is 73.8 cm³/mol. The van der Waals surface area contributed by atoms with Gasteiger partial charge in [-0.3, -0.25) is 0 Å². The summed E-state index contributed by atoms with van der Waals surface area (Å²) in [5, 5.41) is 0. The third kappa shape index (κ3) is 4.60. The van der Waals surface area contributed by atoms with Crippen LogP contribution in [0.1, 0.15) is 31.3 Å². The van der Waals surface area contributed by atoms with Crippen LogP contribution < -0.4 is 5.73 Å². The Morgan fingerprint density at radius 2 is 2.00 bits per heavy atom. The van der Waals surface area contributed by atoms with Gasteiger partial charge in [0.05, 0.1) is 15.9 Å². The van der Waals surface area contributed by atoms with Crippen molar-refractivity contribution in [1.82, 2.24) is 9.97 Å². The van der Waals surface area contributed by atoms with Crippen LogP contribution in [0.15, 0.2) is 0 Å². The molecule has 1 rings (SSSR count). The number of rotatable bonds is 6. The van der Waals surface area contributed by atoms with Gasteiger partial charge in [0, 0.05) is 6.42 Å². The van der Waals surface area contributed by atoms with Gasteiger partial charge in [0.25, 0.3) is 6.43 Å². The topological polar surface area (TPSA) is 61.0 Å². The smallest absolute Gasteiger partial charge is 0.261 e. The van der Waals surface area contributed by atoms with Crippen molar-refractivity contribution < 1.29 is 13.5 Å². The highest BCUT2D eigenvalue weighted by Crippen LogP contribution is 2.23. The molecule has 0 aliphatic rings. The number of anilines is 1. The Labute approximate surface area is 118 Å². The number of hydrogen-bond donors (Lipinski definition) is 1. The monoisotopic (exact) mass is 371 g/mol. The standard InChI is InChI=1S/C11H16F2IN3O/c1-6(2)10-9(14)11(15)17-8(16-10)3-4-18-5-7(12)13/h6-7H,3-5H2,1-2H3,(H2,15,16,17). The average molecular weight is 371 g/mol. The van der Waals surface area contributed by atoms with Gasteiger partial charge in [-0.1, -0.05) is 13.8 Å². The van der Waals surface area contributed by atoms with Gasteiger partial charge in [0.1, 0.15) is 18.2 Å². The fourth-order valence-corrected chi connectivity index (χ4v) is 2.23. The predicted octanol–water partition coefficient (Wildman–Crippen LogP) is 2.61. The van der Waals surface area contributed by atoms with E-state index >= 15 is 0 Å². The minimum atomic E-state index is -2.45. The Morgan fingerprint density at radius 3 is 2.56 bits per heavy atom. The molecule has 0 aromatic carbocycles. The lowest BCUT2D eigenvalue weighted by atomic mass is 10.1. The molecule has 0 amide bonds. The summed E-state index contributed by atoms with van der Waals surface area (Å²) in [6, 6.07) is 0. The molecule has 0 fully saturated rings. The van der Waals surface area contributed by atoms with Crippen LogP contribution in [-0.4, -0.2) is 29.6 Å². The van der Waals surface area contributed by atoms with Gasteiger partial charge in [0.2, 0.25) is 0 Å². The number of hydrogen-bond acceptors (Lipinski definition) is 4. The van der Waals surface area contributed by atoms with Gasteiger partial charge in [-0.25, -0.2) is 18.7 Å². The number of ether oxygens (including phenoxy) is 1. The van der Waals surface area contributed by atoms with Crippen molar-refractivity contribution in [2.75, 3.05) is 18.9 Å². The van der Waals surface area contributed by atoms with Gasteiger partial charge >= 0.3 is 0 Å². The molecule has 0 aliphatic heterocycles. The van der Waals surface area contributed by atoms with Crippen LogP contribution in [0.2, 0.25) is 0 Å². The van der Waals surface area contributed by atoms with Crippen molar-refractivity contribution in [2.24, 2.45) is 0 Å². The molecule has 0 unspecified atom stereocenters. The molecule has 1 heterocycles. The SMILES string of the molecule is CC(C)c1nc(CCOCC(F)F)nc(N)c1I. The number of nitrogens with zero attached hydrogens (tertiary/aromatic N) is 2. The molecule has 0 atom stereocenters. The minimum Gasteiger partial charge on any atom is -0.383 e. The summed E-state index contributed by atoms with van der Waals surface area (Å²) in [6.45, 7) is 3.64. The lowest BCUT2D eigenvalue weighted by Gasteiger charge is -2.11. The third-order valence-electron chi connectivity index (χ3n) is 2.21. The largest absolute Gasteiger partial charge is 0.383 e. The van der Waals surface area contributed by atoms with Crippen molar-refractivity contribution in [3.05, 3.63) is 15.1 Å². The van der Waals surface area contributed by atoms with E-state index in [9.17, 15) is 8.78 Å². The van der Waals surface area contributed by atoms with E-state index in [2.05, 4.69) is 32.6 Å². The zero-order valence-corrected chi connectivity index (χ0v) is 12.4. The first kappa shape index (κ1) is 15.5. The summed E-state index contributed by atoms with van der Waals surface area (Å²) in [4.78, 5) is 8.51. The van der Waals surface area contributed by atoms with E-state index in [1.165, 1.54) is 0 Å². The van der Waals surface area contributed by atoms with Crippen LogP contribution in [0.3, 0.4) is 0 Å². The van der Waals surface area contributed by atoms with Gasteiger partial charge < -0.3 is 10.5 Å². The first-order valence-corrected chi connectivity index (χ1v) is 6.67. The fourth-order valence-electron chi connectivity index (χ4n) is 1.36. The van der Waals surface area contributed by atoms with Crippen molar-refractivity contribution in [1.29, 1.82) is 0 Å². The van der Waals surface area contributed by atoms with Gasteiger partial charge in [-0.2, -0.15) is 0 Å². The Kier molecular flexibility index (Phi) is 6.13. The summed E-state index contributed by atoms with van der Waals surface area (Å²) in [7, 11) is 0. The summed E-state index contributed by atoms with van der Waals surface area (Å²) in [5.41, 5.74) is 6.67. The molecular weight excluding hydrogens is 355 g/mol. The maximum Gasteiger partial charge on any atom is 0.261 e. The van der Waals surface area contributed by atoms with Gasteiger partial charge in [-0.15, -0.1) is 0 Å². The maximum atomic E-state index is 11.9. The Morgan fingerprint density at radius 1 is 1.33 bits per heavy atom. The molecule has 4 nitrogen and oxygen atoms in total. The summed E-state index contributed by atoms with van der Waals surface area (Å²) in [5.74, 6) is 1.20. The van der Waals surface area contributed by atoms with Crippen LogP contribution in [0, 0.1) is 3.57 Å². The number of halogens is 3. The molecule has 1 aromatic heterocycles. The van der Waals surface area contributed by atoms with E-state index in [0.29, 0.717) is 18.1 Å². The van der Waals surface area contributed by atoms with Crippen molar-refractivity contribution in [3.8, 4) is 0 Å². The average Bonchev–Trinajstić information content (AvgIpc) is 2.28. The molecule has 18 heavy (non-hydrogen) atoms. The zero-order chi connectivity index (χ0) is 13.7. The third-order valence-corrected chi connectivity index (χ3v) is 3.31. The first-order chi connectivity index (χ1) is 8.41. The fraction of sp³-hybridized carbons (Fsp3) is 0.636. The number of nitrogens with two attached hydrogens (primary N) is 1. The van der Waals surface area contributed by atoms with Gasteiger partial charge in [0.15, 0.2) is 0 Å². The zero-order valence-electron chi connectivity index (χ0n) is 10.3. The van der Waals surface area contributed by atoms with E-state index in [4.69, 9.17) is 10.5 Å². The lowest BCUT2D eigenvalue weighted by Crippen LogP contribution is -2.12. The van der Waals surface area contributed by atoms with Crippen LogP contribution in [0.5, 0.6) is 0 Å². The van der Waals surface area contributed by atoms with Gasteiger partial charge in [-0.05, 0) is 28.5 Å². The van der Waals surface area contributed by atoms with Crippen molar-refractivity contribution >= 4 is 28.4 Å². The molecule has 0 radical (unpaired) electrons. The minimum absolute atomic E-state index is 0.169. The molecule has 0 bridgehead atoms. The van der Waals surface area contributed by atoms with E-state index in [1.54, 1.807) is 0 Å². The van der Waals surface area contributed by atoms with Crippen molar-refractivity contribution in [2.45, 2.75) is 32.6 Å². The number of aromatic nitrogens is 2. The van der Waals surface area contributed by atoms with E-state index in [-0.39, 0.29) is 12.5 Å². The Balaban J connectivity index is 2.66. The van der Waals surface area contributed by atoms with Crippen molar-refractivity contribution in [3.63, 3.8) is 0 Å². The first-order valence-electron chi connectivity index (χ1n) is 5.59. The highest BCUT2D eigenvalue weighted by atomic mass is 127. The van der Waals surface area contributed by atoms with Crippen LogP contribution in [0.25, 0.3) is 0 Å². The second-order valence-corrected chi connectivity index (χ2v) is 5.17. The van der Waals surface area contributed by atoms with E-state index in [1.807, 2.05) is 13.8 Å². The second-order valence-electron chi connectivity index (χ2n) is 4.09.